The molecule has 1 N–H and O–H groups in total. The zero-order valence-electron chi connectivity index (χ0n) is 13.2. The Kier molecular flexibility index (Phi) is 10.4. The van der Waals surface area contributed by atoms with Crippen LogP contribution in [0.1, 0.15) is 31.4 Å². The Morgan fingerprint density at radius 1 is 1.25 bits per heavy atom. The summed E-state index contributed by atoms with van der Waals surface area (Å²) < 4.78 is 40.8. The number of nitrogens with zero attached hydrogens (tertiary/aromatic N) is 1. The van der Waals surface area contributed by atoms with Crippen molar-refractivity contribution in [1.29, 1.82) is 0 Å². The summed E-state index contributed by atoms with van der Waals surface area (Å²) in [4.78, 5) is 2.34. The smallest absolute Gasteiger partial charge is 0.404 e. The summed E-state index contributed by atoms with van der Waals surface area (Å²) in [6, 6.07) is 4.74. The van der Waals surface area contributed by atoms with Crippen LogP contribution in [0.5, 0.6) is 5.75 Å². The average Bonchev–Trinajstić information content (AvgIpc) is 2.47. The van der Waals surface area contributed by atoms with Crippen LogP contribution in [0, 0.1) is 0 Å². The molecule has 1 fully saturated rings. The molecular formula is C15H22Cl3F3N2O. The summed E-state index contributed by atoms with van der Waals surface area (Å²) >= 11 is 5.96. The van der Waals surface area contributed by atoms with E-state index in [1.165, 1.54) is 6.07 Å². The topological polar surface area (TPSA) is 24.5 Å². The molecule has 0 radical (unpaired) electrons. The first kappa shape index (κ1) is 23.6. The van der Waals surface area contributed by atoms with Crippen molar-refractivity contribution < 1.29 is 17.9 Å². The summed E-state index contributed by atoms with van der Waals surface area (Å²) in [6.07, 6.45) is -2.80. The van der Waals surface area contributed by atoms with E-state index in [2.05, 4.69) is 21.9 Å². The van der Waals surface area contributed by atoms with E-state index in [1.54, 1.807) is 12.1 Å². The first-order valence-electron chi connectivity index (χ1n) is 7.40. The second kappa shape index (κ2) is 10.6. The van der Waals surface area contributed by atoms with Crippen molar-refractivity contribution in [3.63, 3.8) is 0 Å². The normalized spacial score (nSPS) is 16.7. The lowest BCUT2D eigenvalue weighted by atomic mass is 9.99. The molecule has 9 heteroatoms. The van der Waals surface area contributed by atoms with E-state index in [4.69, 9.17) is 11.6 Å². The van der Waals surface area contributed by atoms with Crippen LogP contribution in [0.2, 0.25) is 5.02 Å². The Balaban J connectivity index is 0.00000264. The van der Waals surface area contributed by atoms with E-state index in [9.17, 15) is 13.2 Å². The Morgan fingerprint density at radius 3 is 2.38 bits per heavy atom. The SMILES string of the molecule is CCC[C@H](c1ccc(OC(F)(F)F)c(Cl)c1)N1CCNCC1.Cl.Cl. The Labute approximate surface area is 157 Å². The number of rotatable bonds is 5. The summed E-state index contributed by atoms with van der Waals surface area (Å²) in [5.41, 5.74) is 0.934. The Bertz CT molecular complexity index is 497. The molecule has 24 heavy (non-hydrogen) atoms. The van der Waals surface area contributed by atoms with Gasteiger partial charge < -0.3 is 10.1 Å². The molecule has 1 aliphatic heterocycles. The number of hydrogen-bond acceptors (Lipinski definition) is 3. The molecule has 1 aromatic rings. The van der Waals surface area contributed by atoms with Gasteiger partial charge in [-0.25, -0.2) is 0 Å². The number of benzene rings is 1. The molecule has 0 unspecified atom stereocenters. The number of alkyl halides is 3. The van der Waals surface area contributed by atoms with Gasteiger partial charge in [0.2, 0.25) is 0 Å². The van der Waals surface area contributed by atoms with Crippen molar-refractivity contribution in [3.05, 3.63) is 28.8 Å². The van der Waals surface area contributed by atoms with Gasteiger partial charge in [0.1, 0.15) is 5.75 Å². The molecule has 1 aliphatic rings. The van der Waals surface area contributed by atoms with Crippen molar-refractivity contribution in [2.24, 2.45) is 0 Å². The molecular weight excluding hydrogens is 388 g/mol. The lowest BCUT2D eigenvalue weighted by Crippen LogP contribution is -2.45. The number of halogens is 6. The number of ether oxygens (including phenoxy) is 1. The van der Waals surface area contributed by atoms with E-state index in [0.29, 0.717) is 0 Å². The highest BCUT2D eigenvalue weighted by Gasteiger charge is 2.32. The predicted octanol–water partition coefficient (Wildman–Crippen LogP) is 4.83. The third kappa shape index (κ3) is 6.84. The minimum Gasteiger partial charge on any atom is -0.404 e. The molecule has 1 saturated heterocycles. The van der Waals surface area contributed by atoms with E-state index < -0.39 is 6.36 Å². The third-order valence-electron chi connectivity index (χ3n) is 3.72. The van der Waals surface area contributed by atoms with Crippen molar-refractivity contribution >= 4 is 36.4 Å². The molecule has 140 valence electrons. The fraction of sp³-hybridized carbons (Fsp3) is 0.600. The molecule has 1 aromatic carbocycles. The van der Waals surface area contributed by atoms with Crippen LogP contribution in [0.15, 0.2) is 18.2 Å². The van der Waals surface area contributed by atoms with Crippen molar-refractivity contribution in [1.82, 2.24) is 10.2 Å². The first-order chi connectivity index (χ1) is 10.4. The van der Waals surface area contributed by atoms with Crippen LogP contribution in [0.4, 0.5) is 13.2 Å². The van der Waals surface area contributed by atoms with Gasteiger partial charge in [-0.3, -0.25) is 4.90 Å². The molecule has 0 bridgehead atoms. The number of hydrogen-bond donors (Lipinski definition) is 1. The largest absolute Gasteiger partial charge is 0.573 e. The van der Waals surface area contributed by atoms with E-state index >= 15 is 0 Å². The maximum atomic E-state index is 12.3. The summed E-state index contributed by atoms with van der Waals surface area (Å²) in [5.74, 6) is -0.353. The van der Waals surface area contributed by atoms with E-state index in [-0.39, 0.29) is 41.6 Å². The average molecular weight is 410 g/mol. The molecule has 0 saturated carbocycles. The highest BCUT2D eigenvalue weighted by molar-refractivity contribution is 6.32. The van der Waals surface area contributed by atoms with Gasteiger partial charge in [-0.15, -0.1) is 38.0 Å². The van der Waals surface area contributed by atoms with Crippen LogP contribution in [-0.4, -0.2) is 37.4 Å². The fourth-order valence-electron chi connectivity index (χ4n) is 2.76. The van der Waals surface area contributed by atoms with Gasteiger partial charge >= 0.3 is 6.36 Å². The van der Waals surface area contributed by atoms with Gasteiger partial charge in [-0.1, -0.05) is 31.0 Å². The zero-order chi connectivity index (χ0) is 16.2. The lowest BCUT2D eigenvalue weighted by Gasteiger charge is -2.35. The highest BCUT2D eigenvalue weighted by atomic mass is 35.5. The van der Waals surface area contributed by atoms with Crippen LogP contribution < -0.4 is 10.1 Å². The zero-order valence-corrected chi connectivity index (χ0v) is 15.6. The maximum absolute atomic E-state index is 12.3. The molecule has 0 aliphatic carbocycles. The van der Waals surface area contributed by atoms with Crippen LogP contribution >= 0.6 is 36.4 Å². The van der Waals surface area contributed by atoms with Gasteiger partial charge in [0.15, 0.2) is 0 Å². The molecule has 0 amide bonds. The minimum absolute atomic E-state index is 0. The lowest BCUT2D eigenvalue weighted by molar-refractivity contribution is -0.274. The van der Waals surface area contributed by atoms with Crippen LogP contribution in [0.25, 0.3) is 0 Å². The predicted molar refractivity (Wildman–Crippen MR) is 94.7 cm³/mol. The van der Waals surface area contributed by atoms with Gasteiger partial charge in [0.05, 0.1) is 5.02 Å². The number of piperazine rings is 1. The highest BCUT2D eigenvalue weighted by Crippen LogP contribution is 2.34. The van der Waals surface area contributed by atoms with Gasteiger partial charge in [0, 0.05) is 32.2 Å². The van der Waals surface area contributed by atoms with Crippen molar-refractivity contribution in [3.8, 4) is 5.75 Å². The van der Waals surface area contributed by atoms with Crippen molar-refractivity contribution in [2.75, 3.05) is 26.2 Å². The quantitative estimate of drug-likeness (QED) is 0.754. The fourth-order valence-corrected chi connectivity index (χ4v) is 2.99. The Morgan fingerprint density at radius 2 is 1.88 bits per heavy atom. The second-order valence-corrected chi connectivity index (χ2v) is 5.74. The van der Waals surface area contributed by atoms with E-state index in [0.717, 1.165) is 44.6 Å². The van der Waals surface area contributed by atoms with E-state index in [1.807, 2.05) is 0 Å². The summed E-state index contributed by atoms with van der Waals surface area (Å²) in [7, 11) is 0. The monoisotopic (exact) mass is 408 g/mol. The molecule has 2 rings (SSSR count). The summed E-state index contributed by atoms with van der Waals surface area (Å²) in [5, 5.41) is 3.29. The third-order valence-corrected chi connectivity index (χ3v) is 4.02. The molecule has 0 aromatic heterocycles. The van der Waals surface area contributed by atoms with Crippen LogP contribution in [-0.2, 0) is 0 Å². The number of nitrogens with one attached hydrogen (secondary N) is 1. The first-order valence-corrected chi connectivity index (χ1v) is 7.78. The standard InChI is InChI=1S/C15H20ClF3N2O.2ClH/c1-2-3-13(21-8-6-20-7-9-21)11-4-5-14(12(16)10-11)22-15(17,18)19;;/h4-5,10,13,20H,2-3,6-9H2,1H3;2*1H/t13-;;/m1../s1. The van der Waals surface area contributed by atoms with Gasteiger partial charge in [-0.05, 0) is 24.1 Å². The molecule has 1 heterocycles. The minimum atomic E-state index is -4.73. The molecule has 3 nitrogen and oxygen atoms in total. The van der Waals surface area contributed by atoms with Gasteiger partial charge in [0.25, 0.3) is 0 Å². The molecule has 0 spiro atoms. The molecule has 1 atom stereocenters. The maximum Gasteiger partial charge on any atom is 0.573 e. The second-order valence-electron chi connectivity index (χ2n) is 5.33. The Hall–Kier alpha value is -0.400. The van der Waals surface area contributed by atoms with Crippen molar-refractivity contribution in [2.45, 2.75) is 32.2 Å². The summed E-state index contributed by atoms with van der Waals surface area (Å²) in [6.45, 7) is 5.77. The van der Waals surface area contributed by atoms with Crippen LogP contribution in [0.3, 0.4) is 0 Å². The van der Waals surface area contributed by atoms with Gasteiger partial charge in [-0.2, -0.15) is 0 Å².